The van der Waals surface area contributed by atoms with Gasteiger partial charge in [0.05, 0.1) is 5.75 Å². The molecule has 0 aliphatic carbocycles. The van der Waals surface area contributed by atoms with Crippen molar-refractivity contribution in [3.8, 4) is 0 Å². The van der Waals surface area contributed by atoms with Crippen molar-refractivity contribution in [1.29, 1.82) is 0 Å². The summed E-state index contributed by atoms with van der Waals surface area (Å²) in [6.07, 6.45) is 1.47. The zero-order chi connectivity index (χ0) is 22.8. The van der Waals surface area contributed by atoms with Crippen molar-refractivity contribution in [2.24, 2.45) is 0 Å². The van der Waals surface area contributed by atoms with Gasteiger partial charge in [0.1, 0.15) is 11.9 Å². The third-order valence-corrected chi connectivity index (χ3v) is 6.48. The number of hydrogen-bond donors (Lipinski definition) is 1. The van der Waals surface area contributed by atoms with Crippen molar-refractivity contribution in [3.05, 3.63) is 70.5 Å². The summed E-state index contributed by atoms with van der Waals surface area (Å²) in [5.74, 6) is -0.273. The zero-order valence-corrected chi connectivity index (χ0v) is 19.8. The molecule has 0 aliphatic heterocycles. The van der Waals surface area contributed by atoms with E-state index in [0.29, 0.717) is 23.6 Å². The highest BCUT2D eigenvalue weighted by atomic mass is 35.5. The number of carbonyl (C=O) groups is 2. The predicted octanol–water partition coefficient (Wildman–Crippen LogP) is 5.09. The van der Waals surface area contributed by atoms with Crippen LogP contribution in [0.25, 0.3) is 0 Å². The summed E-state index contributed by atoms with van der Waals surface area (Å²) in [6, 6.07) is 13.8. The average molecular weight is 465 g/mol. The fourth-order valence-corrected chi connectivity index (χ4v) is 4.28. The lowest BCUT2D eigenvalue weighted by atomic mass is 10.1. The largest absolute Gasteiger partial charge is 0.352 e. The van der Waals surface area contributed by atoms with Crippen LogP contribution in [-0.4, -0.2) is 41.1 Å². The van der Waals surface area contributed by atoms with Gasteiger partial charge in [-0.2, -0.15) is 0 Å². The molecule has 31 heavy (non-hydrogen) atoms. The van der Waals surface area contributed by atoms with Gasteiger partial charge in [-0.05, 0) is 44.4 Å². The number of rotatable bonds is 11. The van der Waals surface area contributed by atoms with Crippen LogP contribution in [0, 0.1) is 5.82 Å². The minimum absolute atomic E-state index is 0.0404. The average Bonchev–Trinajstić information content (AvgIpc) is 2.76. The Balaban J connectivity index is 2.04. The molecule has 0 saturated carbocycles. The molecule has 0 heterocycles. The molecule has 2 atom stereocenters. The highest BCUT2D eigenvalue weighted by molar-refractivity contribution is 7.99. The molecule has 0 fully saturated rings. The lowest BCUT2D eigenvalue weighted by Gasteiger charge is -2.29. The number of nitrogens with one attached hydrogen (secondary N) is 1. The van der Waals surface area contributed by atoms with Crippen LogP contribution >= 0.6 is 23.4 Å². The molecule has 0 saturated heterocycles. The van der Waals surface area contributed by atoms with Crippen LogP contribution < -0.4 is 5.32 Å². The molecule has 0 radical (unpaired) electrons. The first-order chi connectivity index (χ1) is 14.8. The summed E-state index contributed by atoms with van der Waals surface area (Å²) in [5, 5.41) is 3.30. The zero-order valence-electron chi connectivity index (χ0n) is 18.2. The van der Waals surface area contributed by atoms with E-state index in [1.807, 2.05) is 44.2 Å². The minimum atomic E-state index is -0.595. The molecule has 1 N–H and O–H groups in total. The van der Waals surface area contributed by atoms with E-state index in [9.17, 15) is 14.0 Å². The van der Waals surface area contributed by atoms with Crippen molar-refractivity contribution in [3.63, 3.8) is 0 Å². The number of hydrogen-bond acceptors (Lipinski definition) is 3. The van der Waals surface area contributed by atoms with Crippen LogP contribution in [0.4, 0.5) is 4.39 Å². The van der Waals surface area contributed by atoms with Crippen LogP contribution in [0.15, 0.2) is 48.5 Å². The Morgan fingerprint density at radius 1 is 1.13 bits per heavy atom. The topological polar surface area (TPSA) is 49.4 Å². The summed E-state index contributed by atoms with van der Waals surface area (Å²) in [7, 11) is 0. The third-order valence-electron chi connectivity index (χ3n) is 5.19. The van der Waals surface area contributed by atoms with Crippen molar-refractivity contribution in [1.82, 2.24) is 10.2 Å². The van der Waals surface area contributed by atoms with Gasteiger partial charge in [0.2, 0.25) is 11.8 Å². The molecule has 0 aromatic heterocycles. The first-order valence-electron chi connectivity index (χ1n) is 10.5. The fraction of sp³-hybridized carbons (Fsp3) is 0.417. The first-order valence-corrected chi connectivity index (χ1v) is 12.0. The van der Waals surface area contributed by atoms with Crippen molar-refractivity contribution in [2.45, 2.75) is 51.4 Å². The molecule has 4 nitrogen and oxygen atoms in total. The lowest BCUT2D eigenvalue weighted by Crippen LogP contribution is -2.51. The van der Waals surface area contributed by atoms with Crippen LogP contribution in [0.5, 0.6) is 0 Å². The highest BCUT2D eigenvalue weighted by Crippen LogP contribution is 2.24. The van der Waals surface area contributed by atoms with E-state index >= 15 is 0 Å². The van der Waals surface area contributed by atoms with Crippen molar-refractivity contribution >= 4 is 35.2 Å². The van der Waals surface area contributed by atoms with Gasteiger partial charge in [0.15, 0.2) is 0 Å². The summed E-state index contributed by atoms with van der Waals surface area (Å²) < 4.78 is 14.0. The number of nitrogens with zero attached hydrogens (tertiary/aromatic N) is 1. The highest BCUT2D eigenvalue weighted by Gasteiger charge is 2.26. The second-order valence-electron chi connectivity index (χ2n) is 7.51. The van der Waals surface area contributed by atoms with E-state index in [4.69, 9.17) is 11.6 Å². The molecular formula is C24H30ClFN2O2S. The fourth-order valence-electron chi connectivity index (χ4n) is 3.03. The van der Waals surface area contributed by atoms with E-state index in [0.717, 1.165) is 12.0 Å². The van der Waals surface area contributed by atoms with Crippen molar-refractivity contribution in [2.75, 3.05) is 12.3 Å². The quantitative estimate of drug-likeness (QED) is 0.504. The molecular weight excluding hydrogens is 435 g/mol. The van der Waals surface area contributed by atoms with E-state index in [1.54, 1.807) is 24.0 Å². The molecule has 0 aliphatic rings. The number of thioether (sulfide) groups is 1. The summed E-state index contributed by atoms with van der Waals surface area (Å²) >= 11 is 7.37. The predicted molar refractivity (Wildman–Crippen MR) is 127 cm³/mol. The Morgan fingerprint density at radius 2 is 1.84 bits per heavy atom. The van der Waals surface area contributed by atoms with Crippen LogP contribution in [0.1, 0.15) is 38.3 Å². The van der Waals surface area contributed by atoms with Gasteiger partial charge in [-0.1, -0.05) is 54.9 Å². The Bertz CT molecular complexity index is 846. The van der Waals surface area contributed by atoms with Crippen LogP contribution in [-0.2, 0) is 21.8 Å². The Morgan fingerprint density at radius 3 is 2.48 bits per heavy atom. The third kappa shape index (κ3) is 7.86. The second-order valence-corrected chi connectivity index (χ2v) is 8.90. The molecule has 7 heteroatoms. The SMILES string of the molecule is CC[C@@H](C)NC(=O)[C@H](C)N(CCc1ccccc1)C(=O)CSCc1c(F)cccc1Cl. The number of benzene rings is 2. The van der Waals surface area contributed by atoms with Gasteiger partial charge in [0, 0.05) is 28.9 Å². The maximum atomic E-state index is 14.0. The molecule has 2 amide bonds. The Kier molecular flexibility index (Phi) is 10.3. The van der Waals surface area contributed by atoms with E-state index < -0.39 is 6.04 Å². The first kappa shape index (κ1) is 25.2. The summed E-state index contributed by atoms with van der Waals surface area (Å²) in [6.45, 7) is 6.12. The smallest absolute Gasteiger partial charge is 0.242 e. The van der Waals surface area contributed by atoms with Gasteiger partial charge in [-0.25, -0.2) is 4.39 Å². The van der Waals surface area contributed by atoms with E-state index in [2.05, 4.69) is 5.32 Å². The van der Waals surface area contributed by atoms with E-state index in [1.165, 1.54) is 17.8 Å². The minimum Gasteiger partial charge on any atom is -0.352 e. The molecule has 2 aromatic carbocycles. The maximum absolute atomic E-state index is 14.0. The number of amides is 2. The molecule has 2 rings (SSSR count). The van der Waals surface area contributed by atoms with Gasteiger partial charge < -0.3 is 10.2 Å². The van der Waals surface area contributed by atoms with Gasteiger partial charge in [-0.15, -0.1) is 11.8 Å². The number of carbonyl (C=O) groups excluding carboxylic acids is 2. The lowest BCUT2D eigenvalue weighted by molar-refractivity contribution is -0.138. The van der Waals surface area contributed by atoms with Crippen LogP contribution in [0.3, 0.4) is 0 Å². The number of halogens is 2. The molecule has 2 aromatic rings. The standard InChI is InChI=1S/C24H30ClFN2O2S/c1-4-17(2)27-24(30)18(3)28(14-13-19-9-6-5-7-10-19)23(29)16-31-15-20-21(25)11-8-12-22(20)26/h5-12,17-18H,4,13-16H2,1-3H3,(H,27,30)/t17-,18+/m1/s1. The van der Waals surface area contributed by atoms with Crippen LogP contribution in [0.2, 0.25) is 5.02 Å². The summed E-state index contributed by atoms with van der Waals surface area (Å²) in [4.78, 5) is 27.3. The van der Waals surface area contributed by atoms with E-state index in [-0.39, 0.29) is 35.2 Å². The van der Waals surface area contributed by atoms with Gasteiger partial charge in [0.25, 0.3) is 0 Å². The monoisotopic (exact) mass is 464 g/mol. The molecule has 0 unspecified atom stereocenters. The molecule has 0 spiro atoms. The summed E-state index contributed by atoms with van der Waals surface area (Å²) in [5.41, 5.74) is 1.49. The molecule has 168 valence electrons. The van der Waals surface area contributed by atoms with Crippen molar-refractivity contribution < 1.29 is 14.0 Å². The second kappa shape index (κ2) is 12.7. The molecule has 0 bridgehead atoms. The van der Waals surface area contributed by atoms with Gasteiger partial charge in [-0.3, -0.25) is 9.59 Å². The normalized spacial score (nSPS) is 12.8. The van der Waals surface area contributed by atoms with Gasteiger partial charge >= 0.3 is 0 Å². The Hall–Kier alpha value is -2.05. The Labute approximate surface area is 193 Å². The maximum Gasteiger partial charge on any atom is 0.242 e.